The van der Waals surface area contributed by atoms with Crippen LogP contribution in [0.15, 0.2) is 30.5 Å². The molecule has 1 N–H and O–H groups in total. The maximum absolute atomic E-state index is 12.9. The zero-order valence-electron chi connectivity index (χ0n) is 18.4. The van der Waals surface area contributed by atoms with Gasteiger partial charge in [0.05, 0.1) is 0 Å². The quantitative estimate of drug-likeness (QED) is 0.806. The lowest BCUT2D eigenvalue weighted by atomic mass is 9.97. The van der Waals surface area contributed by atoms with Gasteiger partial charge in [0.1, 0.15) is 17.9 Å². The van der Waals surface area contributed by atoms with E-state index in [-0.39, 0.29) is 17.9 Å². The highest BCUT2D eigenvalue weighted by molar-refractivity contribution is 6.01. The first-order valence-corrected chi connectivity index (χ1v) is 11.8. The molecule has 0 aromatic heterocycles. The molecule has 1 aromatic rings. The third-order valence-corrected chi connectivity index (χ3v) is 7.60. The maximum Gasteiger partial charge on any atom is 0.255 e. The Morgan fingerprint density at radius 3 is 2.68 bits per heavy atom. The molecular formula is C25H33N3O3. The van der Waals surface area contributed by atoms with Crippen molar-refractivity contribution < 1.29 is 14.3 Å². The normalized spacial score (nSPS) is 29.9. The molecule has 31 heavy (non-hydrogen) atoms. The van der Waals surface area contributed by atoms with Gasteiger partial charge in [-0.1, -0.05) is 13.5 Å². The predicted molar refractivity (Wildman–Crippen MR) is 119 cm³/mol. The van der Waals surface area contributed by atoms with E-state index in [1.165, 1.54) is 38.8 Å². The van der Waals surface area contributed by atoms with Crippen LogP contribution in [0.2, 0.25) is 0 Å². The third-order valence-electron chi connectivity index (χ3n) is 7.60. The minimum atomic E-state index is -0.421. The molecule has 5 rings (SSSR count). The van der Waals surface area contributed by atoms with Crippen molar-refractivity contribution in [2.45, 2.75) is 76.6 Å². The summed E-state index contributed by atoms with van der Waals surface area (Å²) < 4.78 is 6.48. The number of benzene rings is 1. The van der Waals surface area contributed by atoms with Gasteiger partial charge < -0.3 is 15.0 Å². The molecule has 3 heterocycles. The molecule has 4 aliphatic rings. The molecule has 1 unspecified atom stereocenters. The number of hydrogen-bond acceptors (Lipinski definition) is 4. The fourth-order valence-electron chi connectivity index (χ4n) is 5.70. The number of likely N-dealkylation sites (tertiary alicyclic amines) is 1. The summed E-state index contributed by atoms with van der Waals surface area (Å²) >= 11 is 0. The zero-order chi connectivity index (χ0) is 21.5. The van der Waals surface area contributed by atoms with Crippen LogP contribution in [0, 0.1) is 5.92 Å². The van der Waals surface area contributed by atoms with Gasteiger partial charge in [-0.25, -0.2) is 0 Å². The Bertz CT molecular complexity index is 890. The van der Waals surface area contributed by atoms with Crippen LogP contribution in [0.1, 0.15) is 67.8 Å². The Hall–Kier alpha value is -2.34. The Morgan fingerprint density at radius 2 is 1.90 bits per heavy atom. The molecule has 1 aromatic carbocycles. The van der Waals surface area contributed by atoms with Crippen molar-refractivity contribution in [3.63, 3.8) is 0 Å². The molecule has 1 saturated carbocycles. The van der Waals surface area contributed by atoms with Crippen LogP contribution in [0.25, 0.3) is 0 Å². The molecular weight excluding hydrogens is 390 g/mol. The average molecular weight is 424 g/mol. The summed E-state index contributed by atoms with van der Waals surface area (Å²) in [6.07, 6.45) is 7.62. The number of carbonyl (C=O) groups is 2. The van der Waals surface area contributed by atoms with E-state index < -0.39 is 6.04 Å². The van der Waals surface area contributed by atoms with Crippen LogP contribution in [0.4, 0.5) is 0 Å². The first-order valence-electron chi connectivity index (χ1n) is 11.8. The van der Waals surface area contributed by atoms with Gasteiger partial charge in [-0.05, 0) is 87.7 Å². The Kier molecular flexibility index (Phi) is 5.51. The van der Waals surface area contributed by atoms with Crippen molar-refractivity contribution in [1.82, 2.24) is 15.1 Å². The molecule has 2 saturated heterocycles. The van der Waals surface area contributed by atoms with Gasteiger partial charge in [-0.2, -0.15) is 0 Å². The van der Waals surface area contributed by atoms with Crippen LogP contribution < -0.4 is 10.1 Å². The fourth-order valence-corrected chi connectivity index (χ4v) is 5.70. The van der Waals surface area contributed by atoms with E-state index in [1.807, 2.05) is 18.2 Å². The minimum absolute atomic E-state index is 0.0598. The van der Waals surface area contributed by atoms with E-state index in [4.69, 9.17) is 4.74 Å². The van der Waals surface area contributed by atoms with Gasteiger partial charge in [-0.15, -0.1) is 0 Å². The molecule has 3 atom stereocenters. The van der Waals surface area contributed by atoms with Gasteiger partial charge in [0.2, 0.25) is 5.91 Å². The Balaban J connectivity index is 1.27. The number of piperidine rings is 2. The number of fused-ring (bicyclic) bond motifs is 1. The van der Waals surface area contributed by atoms with Crippen molar-refractivity contribution >= 4 is 11.8 Å². The lowest BCUT2D eigenvalue weighted by Gasteiger charge is -2.37. The van der Waals surface area contributed by atoms with E-state index in [1.54, 1.807) is 4.90 Å². The zero-order valence-corrected chi connectivity index (χ0v) is 18.4. The van der Waals surface area contributed by atoms with E-state index in [9.17, 15) is 9.59 Å². The summed E-state index contributed by atoms with van der Waals surface area (Å²) in [5, 5.41) is 2.80. The lowest BCUT2D eigenvalue weighted by molar-refractivity contribution is -0.126. The predicted octanol–water partition coefficient (Wildman–Crippen LogP) is 3.47. The van der Waals surface area contributed by atoms with Crippen LogP contribution in [-0.4, -0.2) is 52.9 Å². The van der Waals surface area contributed by atoms with Crippen molar-refractivity contribution in [3.05, 3.63) is 41.6 Å². The molecule has 2 amide bonds. The first kappa shape index (κ1) is 20.6. The summed E-state index contributed by atoms with van der Waals surface area (Å²) in [6, 6.07) is 5.89. The lowest BCUT2D eigenvalue weighted by Crippen LogP contribution is -2.49. The van der Waals surface area contributed by atoms with Crippen molar-refractivity contribution in [1.29, 1.82) is 0 Å². The minimum Gasteiger partial charge on any atom is -0.489 e. The number of rotatable bonds is 4. The number of allylic oxidation sites excluding steroid dienone is 1. The van der Waals surface area contributed by atoms with Crippen LogP contribution in [-0.2, 0) is 11.3 Å². The molecule has 3 aliphatic heterocycles. The molecule has 1 aliphatic carbocycles. The summed E-state index contributed by atoms with van der Waals surface area (Å²) in [4.78, 5) is 29.7. The van der Waals surface area contributed by atoms with Gasteiger partial charge in [0.15, 0.2) is 0 Å². The highest BCUT2D eigenvalue weighted by Gasteiger charge is 2.39. The molecule has 0 radical (unpaired) electrons. The fraction of sp³-hybridized carbons (Fsp3) is 0.600. The smallest absolute Gasteiger partial charge is 0.255 e. The second-order valence-electron chi connectivity index (χ2n) is 9.77. The van der Waals surface area contributed by atoms with Crippen molar-refractivity contribution in [2.24, 2.45) is 5.92 Å². The Morgan fingerprint density at radius 1 is 1.10 bits per heavy atom. The summed E-state index contributed by atoms with van der Waals surface area (Å²) in [5.74, 6) is 1.49. The molecule has 6 heteroatoms. The van der Waals surface area contributed by atoms with Crippen LogP contribution in [0.3, 0.4) is 0 Å². The van der Waals surface area contributed by atoms with Gasteiger partial charge in [0.25, 0.3) is 5.91 Å². The standard InChI is InChI=1S/C25H33N3O3/c1-16-10-12-27(13-11-16)21-4-3-5-23(21)31-19-7-8-20-18(14-19)15-28(25(20)30)22-9-6-17(2)26-24(22)29/h7-8,14,16,21-23H,2-6,9-13,15H2,1H3,(H,26,29)/t21-,22?,23+/m1/s1. The summed E-state index contributed by atoms with van der Waals surface area (Å²) in [7, 11) is 0. The summed E-state index contributed by atoms with van der Waals surface area (Å²) in [5.41, 5.74) is 2.38. The average Bonchev–Trinajstić information content (AvgIpc) is 3.33. The van der Waals surface area contributed by atoms with Crippen molar-refractivity contribution in [3.8, 4) is 5.75 Å². The SMILES string of the molecule is C=C1CCC(N2Cc3cc(O[C@H]4CCC[C@H]4N4CCC(C)CC4)ccc3C2=O)C(=O)N1. The third kappa shape index (κ3) is 3.98. The monoisotopic (exact) mass is 423 g/mol. The highest BCUT2D eigenvalue weighted by Crippen LogP contribution is 2.34. The number of amides is 2. The molecule has 6 nitrogen and oxygen atoms in total. The number of hydrogen-bond donors (Lipinski definition) is 1. The van der Waals surface area contributed by atoms with Gasteiger partial charge >= 0.3 is 0 Å². The number of nitrogens with zero attached hydrogens (tertiary/aromatic N) is 2. The van der Waals surface area contributed by atoms with Crippen LogP contribution in [0.5, 0.6) is 5.75 Å². The van der Waals surface area contributed by atoms with Crippen molar-refractivity contribution in [2.75, 3.05) is 13.1 Å². The second kappa shape index (κ2) is 8.30. The second-order valence-corrected chi connectivity index (χ2v) is 9.77. The topological polar surface area (TPSA) is 61.9 Å². The van der Waals surface area contributed by atoms with E-state index >= 15 is 0 Å². The first-order chi connectivity index (χ1) is 15.0. The van der Waals surface area contributed by atoms with Gasteiger partial charge in [-0.3, -0.25) is 14.5 Å². The molecule has 166 valence electrons. The van der Waals surface area contributed by atoms with E-state index in [0.29, 0.717) is 31.0 Å². The van der Waals surface area contributed by atoms with E-state index in [2.05, 4.69) is 23.7 Å². The number of nitrogens with one attached hydrogen (secondary N) is 1. The molecule has 3 fully saturated rings. The highest BCUT2D eigenvalue weighted by atomic mass is 16.5. The number of carbonyl (C=O) groups excluding carboxylic acids is 2. The largest absolute Gasteiger partial charge is 0.489 e. The molecule has 0 spiro atoms. The van der Waals surface area contributed by atoms with Crippen LogP contribution >= 0.6 is 0 Å². The molecule has 0 bridgehead atoms. The van der Waals surface area contributed by atoms with Gasteiger partial charge in [0, 0.05) is 23.8 Å². The van der Waals surface area contributed by atoms with E-state index in [0.717, 1.165) is 29.3 Å². The maximum atomic E-state index is 12.9. The Labute approximate surface area is 184 Å². The number of ether oxygens (including phenoxy) is 1. The summed E-state index contributed by atoms with van der Waals surface area (Å²) in [6.45, 7) is 9.00.